The van der Waals surface area contributed by atoms with Gasteiger partial charge in [-0.05, 0) is 32.2 Å². The summed E-state index contributed by atoms with van der Waals surface area (Å²) in [5.41, 5.74) is 7.42. The van der Waals surface area contributed by atoms with Crippen LogP contribution >= 0.6 is 11.6 Å². The molecule has 2 rings (SSSR count). The molecule has 0 saturated heterocycles. The van der Waals surface area contributed by atoms with Crippen LogP contribution in [0.4, 0.5) is 5.69 Å². The van der Waals surface area contributed by atoms with Crippen LogP contribution < -0.4 is 10.5 Å². The van der Waals surface area contributed by atoms with Gasteiger partial charge in [-0.15, -0.1) is 0 Å². The van der Waals surface area contributed by atoms with Crippen LogP contribution in [-0.2, 0) is 10.0 Å². The Morgan fingerprint density at radius 1 is 1.42 bits per heavy atom. The Balaban J connectivity index is 2.51. The highest BCUT2D eigenvalue weighted by Gasteiger charge is 2.14. The predicted molar refractivity (Wildman–Crippen MR) is 74.0 cm³/mol. The van der Waals surface area contributed by atoms with E-state index in [0.717, 1.165) is 0 Å². The van der Waals surface area contributed by atoms with Crippen molar-refractivity contribution in [3.8, 4) is 5.69 Å². The van der Waals surface area contributed by atoms with Crippen LogP contribution in [0.3, 0.4) is 0 Å². The number of aryl methyl sites for hydroxylation is 1. The Bertz CT molecular complexity index is 705. The third-order valence-electron chi connectivity index (χ3n) is 2.66. The van der Waals surface area contributed by atoms with Crippen molar-refractivity contribution in [3.63, 3.8) is 0 Å². The molecular formula is C11H13ClN4O2S. The van der Waals surface area contributed by atoms with Crippen LogP contribution in [0.5, 0.6) is 0 Å². The van der Waals surface area contributed by atoms with Gasteiger partial charge in [0.05, 0.1) is 27.0 Å². The van der Waals surface area contributed by atoms with Crippen LogP contribution in [0, 0.1) is 6.92 Å². The number of nitrogen functional groups attached to an aromatic ring is 1. The molecule has 0 unspecified atom stereocenters. The van der Waals surface area contributed by atoms with Gasteiger partial charge in [0.25, 0.3) is 0 Å². The van der Waals surface area contributed by atoms with Crippen molar-refractivity contribution in [2.75, 3.05) is 12.8 Å². The molecule has 0 atom stereocenters. The fourth-order valence-electron chi connectivity index (χ4n) is 1.59. The first-order valence-electron chi connectivity index (χ1n) is 5.40. The van der Waals surface area contributed by atoms with E-state index in [1.54, 1.807) is 19.2 Å². The van der Waals surface area contributed by atoms with Gasteiger partial charge in [0, 0.05) is 6.20 Å². The molecule has 1 aromatic heterocycles. The molecule has 0 radical (unpaired) electrons. The standard InChI is InChI=1S/C11H13ClN4O2S/c1-7-9(12)6-16(15-7)11-4-3-8(5-10(11)13)19(17,18)14-2/h3-6,14H,13H2,1-2H3. The van der Waals surface area contributed by atoms with Gasteiger partial charge >= 0.3 is 0 Å². The minimum Gasteiger partial charge on any atom is -0.397 e. The lowest BCUT2D eigenvalue weighted by molar-refractivity contribution is 0.588. The van der Waals surface area contributed by atoms with Crippen molar-refractivity contribution in [3.05, 3.63) is 35.1 Å². The SMILES string of the molecule is CNS(=O)(=O)c1ccc(-n2cc(Cl)c(C)n2)c(N)c1. The number of anilines is 1. The Morgan fingerprint density at radius 2 is 2.11 bits per heavy atom. The van der Waals surface area contributed by atoms with Crippen LogP contribution in [-0.4, -0.2) is 25.2 Å². The number of halogens is 1. The second-order valence-electron chi connectivity index (χ2n) is 3.94. The number of hydrogen-bond acceptors (Lipinski definition) is 4. The number of nitrogens with one attached hydrogen (secondary N) is 1. The summed E-state index contributed by atoms with van der Waals surface area (Å²) in [6.45, 7) is 1.77. The third-order valence-corrected chi connectivity index (χ3v) is 4.45. The summed E-state index contributed by atoms with van der Waals surface area (Å²) >= 11 is 5.93. The van der Waals surface area contributed by atoms with Crippen LogP contribution in [0.1, 0.15) is 5.69 Å². The van der Waals surface area contributed by atoms with Crippen molar-refractivity contribution < 1.29 is 8.42 Å². The van der Waals surface area contributed by atoms with E-state index in [1.807, 2.05) is 0 Å². The number of nitrogens with two attached hydrogens (primary N) is 1. The van der Waals surface area contributed by atoms with E-state index in [-0.39, 0.29) is 4.90 Å². The molecule has 2 aromatic rings. The van der Waals surface area contributed by atoms with Crippen molar-refractivity contribution in [1.82, 2.24) is 14.5 Å². The highest BCUT2D eigenvalue weighted by Crippen LogP contribution is 2.23. The van der Waals surface area contributed by atoms with E-state index < -0.39 is 10.0 Å². The van der Waals surface area contributed by atoms with Crippen molar-refractivity contribution in [1.29, 1.82) is 0 Å². The zero-order valence-electron chi connectivity index (χ0n) is 10.4. The number of nitrogens with zero attached hydrogens (tertiary/aromatic N) is 2. The first-order valence-corrected chi connectivity index (χ1v) is 7.26. The second-order valence-corrected chi connectivity index (χ2v) is 6.23. The Kier molecular flexibility index (Phi) is 3.53. The van der Waals surface area contributed by atoms with E-state index in [2.05, 4.69) is 9.82 Å². The lowest BCUT2D eigenvalue weighted by Gasteiger charge is -2.08. The normalized spacial score (nSPS) is 11.7. The van der Waals surface area contributed by atoms with Gasteiger partial charge in [-0.2, -0.15) is 5.10 Å². The van der Waals surface area contributed by atoms with Gasteiger partial charge in [0.2, 0.25) is 10.0 Å². The number of hydrogen-bond donors (Lipinski definition) is 2. The van der Waals surface area contributed by atoms with E-state index in [4.69, 9.17) is 17.3 Å². The van der Waals surface area contributed by atoms with Crippen molar-refractivity contribution in [2.45, 2.75) is 11.8 Å². The van der Waals surface area contributed by atoms with Gasteiger partial charge in [0.15, 0.2) is 0 Å². The minimum absolute atomic E-state index is 0.103. The zero-order valence-corrected chi connectivity index (χ0v) is 12.0. The summed E-state index contributed by atoms with van der Waals surface area (Å²) in [4.78, 5) is 0.103. The lowest BCUT2D eigenvalue weighted by atomic mass is 10.3. The zero-order chi connectivity index (χ0) is 14.2. The van der Waals surface area contributed by atoms with E-state index in [1.165, 1.54) is 23.9 Å². The van der Waals surface area contributed by atoms with Crippen LogP contribution in [0.15, 0.2) is 29.3 Å². The van der Waals surface area contributed by atoms with Crippen molar-refractivity contribution in [2.24, 2.45) is 0 Å². The average Bonchev–Trinajstić information content (AvgIpc) is 2.69. The largest absolute Gasteiger partial charge is 0.397 e. The molecule has 19 heavy (non-hydrogen) atoms. The molecular weight excluding hydrogens is 288 g/mol. The molecule has 0 spiro atoms. The summed E-state index contributed by atoms with van der Waals surface area (Å²) in [6, 6.07) is 4.43. The highest BCUT2D eigenvalue weighted by molar-refractivity contribution is 7.89. The Labute approximate surface area is 116 Å². The molecule has 0 bridgehead atoms. The molecule has 0 aliphatic rings. The average molecular weight is 301 g/mol. The number of rotatable bonds is 3. The monoisotopic (exact) mass is 300 g/mol. The molecule has 0 fully saturated rings. The van der Waals surface area contributed by atoms with Gasteiger partial charge in [-0.1, -0.05) is 11.6 Å². The van der Waals surface area contributed by atoms with E-state index in [0.29, 0.717) is 22.1 Å². The first kappa shape index (κ1) is 13.9. The first-order chi connectivity index (χ1) is 8.85. The summed E-state index contributed by atoms with van der Waals surface area (Å²) in [5, 5.41) is 4.71. The molecule has 8 heteroatoms. The molecule has 6 nitrogen and oxygen atoms in total. The van der Waals surface area contributed by atoms with Gasteiger partial charge in [-0.25, -0.2) is 17.8 Å². The lowest BCUT2D eigenvalue weighted by Crippen LogP contribution is -2.19. The highest BCUT2D eigenvalue weighted by atomic mass is 35.5. The smallest absolute Gasteiger partial charge is 0.240 e. The quantitative estimate of drug-likeness (QED) is 0.837. The number of benzene rings is 1. The molecule has 0 aliphatic carbocycles. The van der Waals surface area contributed by atoms with Crippen LogP contribution in [0.25, 0.3) is 5.69 Å². The van der Waals surface area contributed by atoms with Gasteiger partial charge in [-0.3, -0.25) is 0 Å². The summed E-state index contributed by atoms with van der Waals surface area (Å²) in [7, 11) is -2.17. The van der Waals surface area contributed by atoms with Gasteiger partial charge < -0.3 is 5.73 Å². The Morgan fingerprint density at radius 3 is 2.58 bits per heavy atom. The molecule has 0 aliphatic heterocycles. The Hall–Kier alpha value is -1.57. The molecule has 1 heterocycles. The summed E-state index contributed by atoms with van der Waals surface area (Å²) in [5.74, 6) is 0. The van der Waals surface area contributed by atoms with Crippen LogP contribution in [0.2, 0.25) is 5.02 Å². The predicted octanol–water partition coefficient (Wildman–Crippen LogP) is 1.32. The maximum Gasteiger partial charge on any atom is 0.240 e. The number of sulfonamides is 1. The summed E-state index contributed by atoms with van der Waals surface area (Å²) in [6.07, 6.45) is 1.62. The van der Waals surface area contributed by atoms with E-state index >= 15 is 0 Å². The molecule has 0 amide bonds. The fourth-order valence-corrected chi connectivity index (χ4v) is 2.48. The topological polar surface area (TPSA) is 90.0 Å². The molecule has 3 N–H and O–H groups in total. The third kappa shape index (κ3) is 2.58. The second kappa shape index (κ2) is 4.84. The number of aromatic nitrogens is 2. The maximum atomic E-state index is 11.6. The van der Waals surface area contributed by atoms with Crippen molar-refractivity contribution >= 4 is 27.3 Å². The fraction of sp³-hybridized carbons (Fsp3) is 0.182. The summed E-state index contributed by atoms with van der Waals surface area (Å²) < 4.78 is 27.0. The molecule has 102 valence electrons. The van der Waals surface area contributed by atoms with E-state index in [9.17, 15) is 8.42 Å². The molecule has 0 saturated carbocycles. The van der Waals surface area contributed by atoms with Gasteiger partial charge in [0.1, 0.15) is 0 Å². The molecule has 1 aromatic carbocycles. The maximum absolute atomic E-state index is 11.6. The minimum atomic E-state index is -3.51.